The van der Waals surface area contributed by atoms with E-state index in [0.717, 1.165) is 0 Å². The molecule has 0 saturated carbocycles. The van der Waals surface area contributed by atoms with Gasteiger partial charge in [-0.25, -0.2) is 0 Å². The molecule has 0 spiro atoms. The standard InChI is InChI=1S/C15H21ClN2O2/c1-4-18(10-15(20)17-11(2)3)9-14(19)12-5-7-13(16)8-6-12/h5-8,11H,4,9-10H2,1-3H3,(H,17,20). The van der Waals surface area contributed by atoms with E-state index in [9.17, 15) is 9.59 Å². The second kappa shape index (κ2) is 8.02. The fourth-order valence-corrected chi connectivity index (χ4v) is 1.91. The van der Waals surface area contributed by atoms with Crippen LogP contribution in [0.15, 0.2) is 24.3 Å². The second-order valence-corrected chi connectivity index (χ2v) is 5.39. The van der Waals surface area contributed by atoms with Crippen molar-refractivity contribution in [1.82, 2.24) is 10.2 Å². The average Bonchev–Trinajstić information content (AvgIpc) is 2.37. The van der Waals surface area contributed by atoms with Crippen LogP contribution in [-0.2, 0) is 4.79 Å². The number of amides is 1. The van der Waals surface area contributed by atoms with E-state index in [1.54, 1.807) is 24.3 Å². The van der Waals surface area contributed by atoms with Crippen molar-refractivity contribution in [2.45, 2.75) is 26.8 Å². The fourth-order valence-electron chi connectivity index (χ4n) is 1.78. The Morgan fingerprint density at radius 1 is 1.20 bits per heavy atom. The number of benzene rings is 1. The summed E-state index contributed by atoms with van der Waals surface area (Å²) in [5, 5.41) is 3.42. The van der Waals surface area contributed by atoms with Crippen molar-refractivity contribution in [3.05, 3.63) is 34.9 Å². The fraction of sp³-hybridized carbons (Fsp3) is 0.467. The molecule has 110 valence electrons. The number of ketones is 1. The maximum atomic E-state index is 12.1. The Bertz CT molecular complexity index is 457. The van der Waals surface area contributed by atoms with E-state index in [-0.39, 0.29) is 30.8 Å². The maximum Gasteiger partial charge on any atom is 0.234 e. The molecule has 1 N–H and O–H groups in total. The number of hydrogen-bond acceptors (Lipinski definition) is 3. The summed E-state index contributed by atoms with van der Waals surface area (Å²) < 4.78 is 0. The van der Waals surface area contributed by atoms with Gasteiger partial charge in [0.15, 0.2) is 5.78 Å². The number of nitrogens with zero attached hydrogens (tertiary/aromatic N) is 1. The highest BCUT2D eigenvalue weighted by molar-refractivity contribution is 6.30. The molecule has 1 aromatic carbocycles. The van der Waals surface area contributed by atoms with Crippen LogP contribution in [0.2, 0.25) is 5.02 Å². The first kappa shape index (κ1) is 16.7. The van der Waals surface area contributed by atoms with Gasteiger partial charge in [-0.15, -0.1) is 0 Å². The predicted octanol–water partition coefficient (Wildman–Crippen LogP) is 2.37. The molecule has 1 rings (SSSR count). The molecule has 0 radical (unpaired) electrons. The molecule has 0 atom stereocenters. The molecule has 0 unspecified atom stereocenters. The average molecular weight is 297 g/mol. The van der Waals surface area contributed by atoms with Gasteiger partial charge in [-0.1, -0.05) is 18.5 Å². The Morgan fingerprint density at radius 3 is 2.30 bits per heavy atom. The van der Waals surface area contributed by atoms with Gasteiger partial charge in [-0.2, -0.15) is 0 Å². The second-order valence-electron chi connectivity index (χ2n) is 4.96. The van der Waals surface area contributed by atoms with Crippen LogP contribution in [0.25, 0.3) is 0 Å². The summed E-state index contributed by atoms with van der Waals surface area (Å²) in [4.78, 5) is 25.6. The van der Waals surface area contributed by atoms with Crippen LogP contribution in [0, 0.1) is 0 Å². The molecule has 20 heavy (non-hydrogen) atoms. The highest BCUT2D eigenvalue weighted by atomic mass is 35.5. The van der Waals surface area contributed by atoms with E-state index in [2.05, 4.69) is 5.32 Å². The number of nitrogens with one attached hydrogen (secondary N) is 1. The van der Waals surface area contributed by atoms with Crippen LogP contribution in [0.1, 0.15) is 31.1 Å². The zero-order chi connectivity index (χ0) is 15.1. The minimum atomic E-state index is -0.0641. The van der Waals surface area contributed by atoms with Gasteiger partial charge in [-0.05, 0) is 44.7 Å². The van der Waals surface area contributed by atoms with Crippen molar-refractivity contribution in [2.75, 3.05) is 19.6 Å². The Labute approximate surface area is 125 Å². The lowest BCUT2D eigenvalue weighted by Gasteiger charge is -2.19. The quantitative estimate of drug-likeness (QED) is 0.786. The van der Waals surface area contributed by atoms with Crippen LogP contribution in [0.5, 0.6) is 0 Å². The molecule has 0 saturated heterocycles. The highest BCUT2D eigenvalue weighted by Crippen LogP contribution is 2.10. The Morgan fingerprint density at radius 2 is 1.80 bits per heavy atom. The molecule has 5 heteroatoms. The molecule has 0 aromatic heterocycles. The van der Waals surface area contributed by atoms with E-state index in [4.69, 9.17) is 11.6 Å². The van der Waals surface area contributed by atoms with E-state index in [0.29, 0.717) is 17.1 Å². The van der Waals surface area contributed by atoms with Crippen LogP contribution < -0.4 is 5.32 Å². The minimum absolute atomic E-state index is 0.0131. The lowest BCUT2D eigenvalue weighted by Crippen LogP contribution is -2.41. The lowest BCUT2D eigenvalue weighted by molar-refractivity contribution is -0.122. The number of Topliss-reactive ketones (excluding diaryl/α,β-unsaturated/α-hetero) is 1. The smallest absolute Gasteiger partial charge is 0.234 e. The van der Waals surface area contributed by atoms with Crippen LogP contribution in [0.4, 0.5) is 0 Å². The largest absolute Gasteiger partial charge is 0.353 e. The van der Waals surface area contributed by atoms with E-state index in [1.807, 2.05) is 25.7 Å². The van der Waals surface area contributed by atoms with Gasteiger partial charge in [0.25, 0.3) is 0 Å². The normalized spacial score (nSPS) is 10.9. The van der Waals surface area contributed by atoms with Crippen LogP contribution in [0.3, 0.4) is 0 Å². The van der Waals surface area contributed by atoms with Crippen LogP contribution in [-0.4, -0.2) is 42.3 Å². The van der Waals surface area contributed by atoms with Gasteiger partial charge in [0, 0.05) is 16.6 Å². The molecule has 0 heterocycles. The van der Waals surface area contributed by atoms with Crippen molar-refractivity contribution in [2.24, 2.45) is 0 Å². The molecular formula is C15H21ClN2O2. The summed E-state index contributed by atoms with van der Waals surface area (Å²) in [6.45, 7) is 6.85. The zero-order valence-corrected chi connectivity index (χ0v) is 12.9. The van der Waals surface area contributed by atoms with Gasteiger partial charge in [0.1, 0.15) is 0 Å². The van der Waals surface area contributed by atoms with Crippen molar-refractivity contribution >= 4 is 23.3 Å². The summed E-state index contributed by atoms with van der Waals surface area (Å²) in [6.07, 6.45) is 0. The van der Waals surface area contributed by atoms with Gasteiger partial charge in [0.2, 0.25) is 5.91 Å². The van der Waals surface area contributed by atoms with E-state index in [1.165, 1.54) is 0 Å². The third-order valence-corrected chi connectivity index (χ3v) is 3.05. The molecule has 0 fully saturated rings. The monoisotopic (exact) mass is 296 g/mol. The zero-order valence-electron chi connectivity index (χ0n) is 12.1. The first-order valence-corrected chi connectivity index (χ1v) is 7.10. The molecule has 0 aliphatic heterocycles. The third kappa shape index (κ3) is 5.72. The molecule has 0 aliphatic rings. The van der Waals surface area contributed by atoms with Crippen molar-refractivity contribution in [1.29, 1.82) is 0 Å². The summed E-state index contributed by atoms with van der Waals surface area (Å²) in [7, 11) is 0. The first-order chi connectivity index (χ1) is 9.42. The number of likely N-dealkylation sites (N-methyl/N-ethyl adjacent to an activating group) is 1. The Balaban J connectivity index is 2.57. The highest BCUT2D eigenvalue weighted by Gasteiger charge is 2.14. The summed E-state index contributed by atoms with van der Waals surface area (Å²) in [5.74, 6) is -0.0772. The van der Waals surface area contributed by atoms with Gasteiger partial charge in [-0.3, -0.25) is 14.5 Å². The SMILES string of the molecule is CCN(CC(=O)NC(C)C)CC(=O)c1ccc(Cl)cc1. The summed E-state index contributed by atoms with van der Waals surface area (Å²) in [5.41, 5.74) is 0.608. The predicted molar refractivity (Wildman–Crippen MR) is 81.2 cm³/mol. The number of carbonyl (C=O) groups excluding carboxylic acids is 2. The topological polar surface area (TPSA) is 49.4 Å². The Kier molecular flexibility index (Phi) is 6.68. The molecule has 1 amide bonds. The van der Waals surface area contributed by atoms with Gasteiger partial charge < -0.3 is 5.32 Å². The van der Waals surface area contributed by atoms with Gasteiger partial charge >= 0.3 is 0 Å². The first-order valence-electron chi connectivity index (χ1n) is 6.72. The molecule has 4 nitrogen and oxygen atoms in total. The van der Waals surface area contributed by atoms with Crippen molar-refractivity contribution in [3.8, 4) is 0 Å². The lowest BCUT2D eigenvalue weighted by atomic mass is 10.1. The van der Waals surface area contributed by atoms with Gasteiger partial charge in [0.05, 0.1) is 13.1 Å². The maximum absolute atomic E-state index is 12.1. The third-order valence-electron chi connectivity index (χ3n) is 2.80. The van der Waals surface area contributed by atoms with E-state index >= 15 is 0 Å². The summed E-state index contributed by atoms with van der Waals surface area (Å²) >= 11 is 5.79. The molecule has 0 bridgehead atoms. The minimum Gasteiger partial charge on any atom is -0.353 e. The number of hydrogen-bond donors (Lipinski definition) is 1. The molecule has 0 aliphatic carbocycles. The van der Waals surface area contributed by atoms with Crippen molar-refractivity contribution in [3.63, 3.8) is 0 Å². The number of carbonyl (C=O) groups is 2. The molecule has 1 aromatic rings. The summed E-state index contributed by atoms with van der Waals surface area (Å²) in [6, 6.07) is 6.89. The van der Waals surface area contributed by atoms with E-state index < -0.39 is 0 Å². The Hall–Kier alpha value is -1.39. The number of rotatable bonds is 7. The van der Waals surface area contributed by atoms with Crippen molar-refractivity contribution < 1.29 is 9.59 Å². The molecular weight excluding hydrogens is 276 g/mol. The number of halogens is 1. The van der Waals surface area contributed by atoms with Crippen LogP contribution >= 0.6 is 11.6 Å².